The molecule has 1 saturated heterocycles. The molecule has 4 aliphatic rings. The summed E-state index contributed by atoms with van der Waals surface area (Å²) in [5.41, 5.74) is 5.42. The number of rotatable bonds is 2. The zero-order valence-electron chi connectivity index (χ0n) is 14.4. The molecule has 0 bridgehead atoms. The maximum atomic E-state index is 5.60. The molecule has 4 heterocycles. The number of fused-ring (bicyclic) bond motifs is 2. The van der Waals surface area contributed by atoms with E-state index in [0.29, 0.717) is 12.0 Å². The summed E-state index contributed by atoms with van der Waals surface area (Å²) in [5.74, 6) is 2.59. The van der Waals surface area contributed by atoms with Gasteiger partial charge in [-0.3, -0.25) is 0 Å². The van der Waals surface area contributed by atoms with E-state index in [1.54, 1.807) is 0 Å². The van der Waals surface area contributed by atoms with Crippen molar-refractivity contribution in [3.05, 3.63) is 41.9 Å². The molecule has 1 aromatic rings. The second-order valence-corrected chi connectivity index (χ2v) is 7.21. The van der Waals surface area contributed by atoms with Crippen molar-refractivity contribution in [1.82, 2.24) is 20.3 Å². The first-order chi connectivity index (χ1) is 12.3. The van der Waals surface area contributed by atoms with Crippen molar-refractivity contribution in [2.24, 2.45) is 0 Å². The standard InChI is InChI=1S/C20H22N4O/c1-12-8-15(4-6-21-12)20-22-11-18-17(24-20)10-16(23-18)13-2-3-19-14(9-13)5-7-25-19/h2-3,9-12,15,21H,4-8H2,1H3,(H,22,24). The molecule has 1 aromatic carbocycles. The van der Waals surface area contributed by atoms with Gasteiger partial charge in [0.25, 0.3) is 0 Å². The molecular formula is C20H22N4O. The molecule has 0 radical (unpaired) electrons. The third-order valence-electron chi connectivity index (χ3n) is 5.38. The number of nitrogens with zero attached hydrogens (tertiary/aromatic N) is 2. The van der Waals surface area contributed by atoms with E-state index in [4.69, 9.17) is 9.72 Å². The second-order valence-electron chi connectivity index (χ2n) is 7.21. The first-order valence-electron chi connectivity index (χ1n) is 9.11. The van der Waals surface area contributed by atoms with Crippen molar-refractivity contribution in [2.45, 2.75) is 38.1 Å². The lowest BCUT2D eigenvalue weighted by Crippen LogP contribution is -2.35. The van der Waals surface area contributed by atoms with Gasteiger partial charge >= 0.3 is 0 Å². The van der Waals surface area contributed by atoms with E-state index in [9.17, 15) is 0 Å². The molecule has 0 saturated carbocycles. The Kier molecular flexibility index (Phi) is 3.48. The summed E-state index contributed by atoms with van der Waals surface area (Å²) in [5, 5.41) is 3.50. The topological polar surface area (TPSA) is 62.8 Å². The molecule has 2 unspecified atom stereocenters. The van der Waals surface area contributed by atoms with E-state index < -0.39 is 0 Å². The smallest absolute Gasteiger partial charge is 0.122 e. The Hall–Kier alpha value is -2.40. The van der Waals surface area contributed by atoms with Gasteiger partial charge in [-0.15, -0.1) is 0 Å². The number of aromatic nitrogens is 3. The van der Waals surface area contributed by atoms with Crippen LogP contribution in [0.4, 0.5) is 0 Å². The van der Waals surface area contributed by atoms with Crippen LogP contribution in [0.3, 0.4) is 0 Å². The van der Waals surface area contributed by atoms with E-state index in [-0.39, 0.29) is 0 Å². The van der Waals surface area contributed by atoms with Crippen LogP contribution in [-0.2, 0) is 6.42 Å². The Labute approximate surface area is 147 Å². The highest BCUT2D eigenvalue weighted by atomic mass is 16.5. The number of hydrogen-bond acceptors (Lipinski definition) is 4. The Morgan fingerprint density at radius 3 is 3.08 bits per heavy atom. The molecule has 4 aliphatic heterocycles. The van der Waals surface area contributed by atoms with Crippen LogP contribution in [0.25, 0.3) is 22.6 Å². The van der Waals surface area contributed by atoms with Crippen molar-refractivity contribution in [3.63, 3.8) is 0 Å². The first-order valence-corrected chi connectivity index (χ1v) is 9.11. The molecular weight excluding hydrogens is 312 g/mol. The molecule has 2 atom stereocenters. The summed E-state index contributed by atoms with van der Waals surface area (Å²) in [7, 11) is 0. The summed E-state index contributed by atoms with van der Waals surface area (Å²) in [6.07, 6.45) is 5.15. The molecule has 0 aromatic heterocycles. The zero-order valence-corrected chi connectivity index (χ0v) is 14.4. The highest BCUT2D eigenvalue weighted by Gasteiger charge is 2.23. The maximum absolute atomic E-state index is 5.60. The quantitative estimate of drug-likeness (QED) is 0.754. The summed E-state index contributed by atoms with van der Waals surface area (Å²) in [6.45, 7) is 4.08. The van der Waals surface area contributed by atoms with Crippen LogP contribution < -0.4 is 10.1 Å². The van der Waals surface area contributed by atoms with Gasteiger partial charge in [0, 0.05) is 23.9 Å². The van der Waals surface area contributed by atoms with Crippen LogP contribution in [-0.4, -0.2) is 34.1 Å². The second kappa shape index (κ2) is 5.85. The number of H-pyrrole nitrogens is 1. The number of hydrogen-bond donors (Lipinski definition) is 2. The fourth-order valence-electron chi connectivity index (χ4n) is 4.01. The van der Waals surface area contributed by atoms with Gasteiger partial charge < -0.3 is 15.0 Å². The first kappa shape index (κ1) is 14.9. The normalized spacial score (nSPS) is 22.8. The van der Waals surface area contributed by atoms with E-state index in [1.165, 1.54) is 5.56 Å². The lowest BCUT2D eigenvalue weighted by molar-refractivity contribution is 0.357. The third-order valence-corrected chi connectivity index (χ3v) is 5.38. The van der Waals surface area contributed by atoms with Crippen molar-refractivity contribution in [2.75, 3.05) is 13.2 Å². The summed E-state index contributed by atoms with van der Waals surface area (Å²) in [4.78, 5) is 13.0. The fourth-order valence-corrected chi connectivity index (χ4v) is 4.01. The van der Waals surface area contributed by atoms with Gasteiger partial charge in [0.15, 0.2) is 0 Å². The predicted octanol–water partition coefficient (Wildman–Crippen LogP) is 3.37. The van der Waals surface area contributed by atoms with Gasteiger partial charge in [0.1, 0.15) is 17.3 Å². The van der Waals surface area contributed by atoms with Crippen molar-refractivity contribution in [3.8, 4) is 28.4 Å². The van der Waals surface area contributed by atoms with Crippen molar-refractivity contribution in [1.29, 1.82) is 0 Å². The fraction of sp³-hybridized carbons (Fsp3) is 0.400. The van der Waals surface area contributed by atoms with E-state index >= 15 is 0 Å². The number of ether oxygens (including phenoxy) is 1. The van der Waals surface area contributed by atoms with Gasteiger partial charge in [-0.05, 0) is 56.1 Å². The molecule has 0 amide bonds. The monoisotopic (exact) mass is 334 g/mol. The zero-order chi connectivity index (χ0) is 16.8. The Balaban J connectivity index is 1.49. The van der Waals surface area contributed by atoms with Crippen molar-refractivity contribution < 1.29 is 4.74 Å². The minimum Gasteiger partial charge on any atom is -0.493 e. The molecule has 25 heavy (non-hydrogen) atoms. The molecule has 0 spiro atoms. The van der Waals surface area contributed by atoms with Crippen LogP contribution in [0.5, 0.6) is 5.75 Å². The number of benzene rings is 1. The molecule has 5 heteroatoms. The summed E-state index contributed by atoms with van der Waals surface area (Å²) < 4.78 is 5.60. The van der Waals surface area contributed by atoms with E-state index in [0.717, 1.165) is 66.6 Å². The van der Waals surface area contributed by atoms with Gasteiger partial charge in [-0.1, -0.05) is 0 Å². The molecule has 2 N–H and O–H groups in total. The van der Waals surface area contributed by atoms with Gasteiger partial charge in [-0.2, -0.15) is 0 Å². The van der Waals surface area contributed by atoms with Gasteiger partial charge in [-0.25, -0.2) is 9.97 Å². The Morgan fingerprint density at radius 1 is 1.20 bits per heavy atom. The molecule has 0 aliphatic carbocycles. The lowest BCUT2D eigenvalue weighted by atomic mass is 9.92. The average Bonchev–Trinajstić information content (AvgIpc) is 3.26. The maximum Gasteiger partial charge on any atom is 0.122 e. The van der Waals surface area contributed by atoms with Crippen LogP contribution in [0.2, 0.25) is 0 Å². The van der Waals surface area contributed by atoms with Crippen LogP contribution in [0, 0.1) is 0 Å². The average molecular weight is 334 g/mol. The molecule has 128 valence electrons. The number of piperidine rings is 1. The molecule has 5 rings (SSSR count). The molecule has 1 fully saturated rings. The van der Waals surface area contributed by atoms with Gasteiger partial charge in [0.2, 0.25) is 0 Å². The van der Waals surface area contributed by atoms with Crippen molar-refractivity contribution >= 4 is 0 Å². The van der Waals surface area contributed by atoms with Crippen LogP contribution in [0.15, 0.2) is 30.5 Å². The summed E-state index contributed by atoms with van der Waals surface area (Å²) in [6, 6.07) is 9.04. The van der Waals surface area contributed by atoms with Crippen LogP contribution in [0.1, 0.15) is 37.1 Å². The number of aromatic amines is 1. The highest BCUT2D eigenvalue weighted by Crippen LogP contribution is 2.33. The minimum atomic E-state index is 0.496. The highest BCUT2D eigenvalue weighted by molar-refractivity contribution is 5.71. The van der Waals surface area contributed by atoms with Crippen LogP contribution >= 0.6 is 0 Å². The summed E-state index contributed by atoms with van der Waals surface area (Å²) >= 11 is 0. The SMILES string of the molecule is CC1CC(c2ncc3nc(-c4ccc5c(c4)CCO5)cc-3[nH]2)CCN1. The predicted molar refractivity (Wildman–Crippen MR) is 97.1 cm³/mol. The third kappa shape index (κ3) is 2.68. The Bertz CT molecular complexity index is 887. The number of nitrogens with one attached hydrogen (secondary N) is 2. The molecule has 5 nitrogen and oxygen atoms in total. The minimum absolute atomic E-state index is 0.496. The van der Waals surface area contributed by atoms with E-state index in [1.807, 2.05) is 6.20 Å². The van der Waals surface area contributed by atoms with Gasteiger partial charge in [0.05, 0.1) is 24.2 Å². The van der Waals surface area contributed by atoms with E-state index in [2.05, 4.69) is 46.5 Å². The largest absolute Gasteiger partial charge is 0.493 e. The Morgan fingerprint density at radius 2 is 2.16 bits per heavy atom. The lowest BCUT2D eigenvalue weighted by Gasteiger charge is -2.27.